The Labute approximate surface area is 97.3 Å². The number of nitrogens with zero attached hydrogens (tertiary/aromatic N) is 1. The van der Waals surface area contributed by atoms with Crippen LogP contribution in [0.2, 0.25) is 0 Å². The number of thiophene rings is 1. The van der Waals surface area contributed by atoms with Gasteiger partial charge in [-0.3, -0.25) is 4.79 Å². The predicted molar refractivity (Wildman–Crippen MR) is 61.6 cm³/mol. The molecule has 0 saturated carbocycles. The minimum Gasteiger partial charge on any atom is -0.351 e. The van der Waals surface area contributed by atoms with E-state index in [9.17, 15) is 4.79 Å². The SMILES string of the molecule is Cc1cc(C(=O)NCCc2ccsc2)on1. The molecule has 5 heteroatoms. The number of carbonyl (C=O) groups excluding carboxylic acids is 1. The van der Waals surface area contributed by atoms with Crippen LogP contribution in [0, 0.1) is 6.92 Å². The van der Waals surface area contributed by atoms with Gasteiger partial charge in [0.25, 0.3) is 5.91 Å². The molecule has 2 aromatic rings. The molecule has 0 aliphatic rings. The van der Waals surface area contributed by atoms with Gasteiger partial charge in [0.1, 0.15) is 0 Å². The molecule has 0 bridgehead atoms. The van der Waals surface area contributed by atoms with Crippen LogP contribution in [-0.4, -0.2) is 17.6 Å². The molecule has 4 nitrogen and oxygen atoms in total. The van der Waals surface area contributed by atoms with Gasteiger partial charge in [0.2, 0.25) is 5.76 Å². The summed E-state index contributed by atoms with van der Waals surface area (Å²) in [6.07, 6.45) is 0.836. The summed E-state index contributed by atoms with van der Waals surface area (Å²) < 4.78 is 4.85. The van der Waals surface area contributed by atoms with Crippen molar-refractivity contribution in [2.45, 2.75) is 13.3 Å². The fourth-order valence-electron chi connectivity index (χ4n) is 1.31. The van der Waals surface area contributed by atoms with Crippen molar-refractivity contribution in [1.29, 1.82) is 0 Å². The summed E-state index contributed by atoms with van der Waals surface area (Å²) in [7, 11) is 0. The highest BCUT2D eigenvalue weighted by Crippen LogP contribution is 2.06. The molecule has 0 aliphatic carbocycles. The second-order valence-electron chi connectivity index (χ2n) is 3.47. The molecule has 1 N–H and O–H groups in total. The Morgan fingerprint density at radius 3 is 3.12 bits per heavy atom. The summed E-state index contributed by atoms with van der Waals surface area (Å²) in [5, 5.41) is 10.5. The summed E-state index contributed by atoms with van der Waals surface area (Å²) in [5.41, 5.74) is 1.95. The second-order valence-corrected chi connectivity index (χ2v) is 4.25. The molecule has 0 aromatic carbocycles. The summed E-state index contributed by atoms with van der Waals surface area (Å²) in [6.45, 7) is 2.39. The van der Waals surface area contributed by atoms with Gasteiger partial charge >= 0.3 is 0 Å². The molecule has 2 aromatic heterocycles. The quantitative estimate of drug-likeness (QED) is 0.883. The molecule has 84 valence electrons. The highest BCUT2D eigenvalue weighted by atomic mass is 32.1. The van der Waals surface area contributed by atoms with E-state index in [2.05, 4.69) is 21.9 Å². The predicted octanol–water partition coefficient (Wildman–Crippen LogP) is 2.02. The van der Waals surface area contributed by atoms with E-state index in [0.717, 1.165) is 6.42 Å². The molecule has 0 aliphatic heterocycles. The maximum absolute atomic E-state index is 11.5. The molecule has 0 spiro atoms. The maximum atomic E-state index is 11.5. The van der Waals surface area contributed by atoms with E-state index < -0.39 is 0 Å². The summed E-state index contributed by atoms with van der Waals surface area (Å²) in [6, 6.07) is 3.68. The van der Waals surface area contributed by atoms with E-state index >= 15 is 0 Å². The summed E-state index contributed by atoms with van der Waals surface area (Å²) in [5.74, 6) is 0.0543. The van der Waals surface area contributed by atoms with Crippen LogP contribution in [0.25, 0.3) is 0 Å². The van der Waals surface area contributed by atoms with Crippen LogP contribution >= 0.6 is 11.3 Å². The zero-order valence-electron chi connectivity index (χ0n) is 8.90. The third-order valence-corrected chi connectivity index (χ3v) is 2.86. The first-order chi connectivity index (χ1) is 7.75. The van der Waals surface area contributed by atoms with Crippen molar-refractivity contribution in [2.75, 3.05) is 6.54 Å². The highest BCUT2D eigenvalue weighted by molar-refractivity contribution is 7.07. The third kappa shape index (κ3) is 2.70. The number of hydrogen-bond donors (Lipinski definition) is 1. The van der Waals surface area contributed by atoms with Crippen LogP contribution in [0.4, 0.5) is 0 Å². The smallest absolute Gasteiger partial charge is 0.289 e. The van der Waals surface area contributed by atoms with E-state index in [-0.39, 0.29) is 11.7 Å². The standard InChI is InChI=1S/C11H12N2O2S/c1-8-6-10(15-13-8)11(14)12-4-2-9-3-5-16-7-9/h3,5-7H,2,4H2,1H3,(H,12,14). The van der Waals surface area contributed by atoms with Crippen LogP contribution in [-0.2, 0) is 6.42 Å². The van der Waals surface area contributed by atoms with Gasteiger partial charge in [-0.05, 0) is 35.7 Å². The van der Waals surface area contributed by atoms with Crippen molar-refractivity contribution < 1.29 is 9.32 Å². The molecular weight excluding hydrogens is 224 g/mol. The van der Waals surface area contributed by atoms with Crippen LogP contribution in [0.1, 0.15) is 21.8 Å². The lowest BCUT2D eigenvalue weighted by molar-refractivity contribution is 0.0917. The van der Waals surface area contributed by atoms with Gasteiger partial charge in [-0.1, -0.05) is 5.16 Å². The molecule has 0 radical (unpaired) electrons. The summed E-state index contributed by atoms with van der Waals surface area (Å²) >= 11 is 1.66. The van der Waals surface area contributed by atoms with E-state index in [0.29, 0.717) is 12.2 Å². The van der Waals surface area contributed by atoms with Crippen molar-refractivity contribution in [3.63, 3.8) is 0 Å². The van der Waals surface area contributed by atoms with E-state index in [1.165, 1.54) is 5.56 Å². The normalized spacial score (nSPS) is 10.3. The molecule has 2 heterocycles. The lowest BCUT2D eigenvalue weighted by Crippen LogP contribution is -2.25. The molecular formula is C11H12N2O2S. The van der Waals surface area contributed by atoms with Crippen molar-refractivity contribution in [3.05, 3.63) is 39.9 Å². The van der Waals surface area contributed by atoms with Gasteiger partial charge in [-0.2, -0.15) is 11.3 Å². The van der Waals surface area contributed by atoms with Crippen molar-refractivity contribution in [1.82, 2.24) is 10.5 Å². The molecule has 0 fully saturated rings. The van der Waals surface area contributed by atoms with Crippen molar-refractivity contribution >= 4 is 17.2 Å². The van der Waals surface area contributed by atoms with Crippen LogP contribution in [0.15, 0.2) is 27.4 Å². The fraction of sp³-hybridized carbons (Fsp3) is 0.273. The topological polar surface area (TPSA) is 55.1 Å². The van der Waals surface area contributed by atoms with Crippen LogP contribution in [0.5, 0.6) is 0 Å². The van der Waals surface area contributed by atoms with Gasteiger partial charge < -0.3 is 9.84 Å². The van der Waals surface area contributed by atoms with Gasteiger partial charge in [0, 0.05) is 12.6 Å². The van der Waals surface area contributed by atoms with Gasteiger partial charge in [-0.25, -0.2) is 0 Å². The monoisotopic (exact) mass is 236 g/mol. The Hall–Kier alpha value is -1.62. The van der Waals surface area contributed by atoms with Gasteiger partial charge in [0.15, 0.2) is 0 Å². The first kappa shape index (κ1) is 10.9. The molecule has 16 heavy (non-hydrogen) atoms. The highest BCUT2D eigenvalue weighted by Gasteiger charge is 2.10. The number of aryl methyl sites for hydroxylation is 1. The van der Waals surface area contributed by atoms with Crippen molar-refractivity contribution in [3.8, 4) is 0 Å². The van der Waals surface area contributed by atoms with Gasteiger partial charge in [0.05, 0.1) is 5.69 Å². The molecule has 0 saturated heterocycles. The number of aromatic nitrogens is 1. The largest absolute Gasteiger partial charge is 0.351 e. The average molecular weight is 236 g/mol. The third-order valence-electron chi connectivity index (χ3n) is 2.13. The number of nitrogens with one attached hydrogen (secondary N) is 1. The zero-order valence-corrected chi connectivity index (χ0v) is 9.71. The van der Waals surface area contributed by atoms with E-state index in [1.54, 1.807) is 24.3 Å². The lowest BCUT2D eigenvalue weighted by Gasteiger charge is -2.00. The number of amides is 1. The fourth-order valence-corrected chi connectivity index (χ4v) is 2.02. The second kappa shape index (κ2) is 4.94. The van der Waals surface area contributed by atoms with Gasteiger partial charge in [-0.15, -0.1) is 0 Å². The van der Waals surface area contributed by atoms with Crippen molar-refractivity contribution in [2.24, 2.45) is 0 Å². The van der Waals surface area contributed by atoms with Crippen LogP contribution < -0.4 is 5.32 Å². The average Bonchev–Trinajstić information content (AvgIpc) is 2.89. The Balaban J connectivity index is 1.80. The maximum Gasteiger partial charge on any atom is 0.289 e. The first-order valence-corrected chi connectivity index (χ1v) is 5.92. The zero-order chi connectivity index (χ0) is 11.4. The molecule has 0 unspecified atom stereocenters. The molecule has 2 rings (SSSR count). The van der Waals surface area contributed by atoms with Crippen LogP contribution in [0.3, 0.4) is 0 Å². The molecule has 1 amide bonds. The Morgan fingerprint density at radius 1 is 1.62 bits per heavy atom. The first-order valence-electron chi connectivity index (χ1n) is 4.98. The van der Waals surface area contributed by atoms with E-state index in [1.807, 2.05) is 5.38 Å². The Kier molecular flexibility index (Phi) is 3.36. The minimum absolute atomic E-state index is 0.212. The number of carbonyl (C=O) groups is 1. The number of rotatable bonds is 4. The lowest BCUT2D eigenvalue weighted by atomic mass is 10.2. The number of hydrogen-bond acceptors (Lipinski definition) is 4. The Morgan fingerprint density at radius 2 is 2.50 bits per heavy atom. The molecule has 0 atom stereocenters. The summed E-state index contributed by atoms with van der Waals surface area (Å²) in [4.78, 5) is 11.5. The Bertz CT molecular complexity index is 462. The van der Waals surface area contributed by atoms with E-state index in [4.69, 9.17) is 4.52 Å². The minimum atomic E-state index is -0.212.